The number of aromatic nitrogens is 1. The second-order valence-corrected chi connectivity index (χ2v) is 5.41. The molecular weight excluding hydrogens is 284 g/mol. The molecule has 1 N–H and O–H groups in total. The molecule has 106 valence electrons. The van der Waals surface area contributed by atoms with Gasteiger partial charge in [0, 0.05) is 10.9 Å². The van der Waals surface area contributed by atoms with E-state index in [2.05, 4.69) is 41.5 Å². The van der Waals surface area contributed by atoms with Crippen LogP contribution in [0.25, 0.3) is 11.3 Å². The highest BCUT2D eigenvalue weighted by molar-refractivity contribution is 7.14. The fraction of sp³-hybridized carbons (Fsp3) is 0.125. The molecule has 3 rings (SSSR count). The molecule has 4 nitrogen and oxygen atoms in total. The van der Waals surface area contributed by atoms with Crippen LogP contribution in [0.3, 0.4) is 0 Å². The molecule has 0 saturated heterocycles. The molecule has 0 fully saturated rings. The lowest BCUT2D eigenvalue weighted by Gasteiger charge is -2.00. The van der Waals surface area contributed by atoms with E-state index in [4.69, 9.17) is 4.42 Å². The fourth-order valence-corrected chi connectivity index (χ4v) is 2.65. The second kappa shape index (κ2) is 5.93. The van der Waals surface area contributed by atoms with E-state index >= 15 is 0 Å². The number of amides is 1. The normalized spacial score (nSPS) is 10.5. The summed E-state index contributed by atoms with van der Waals surface area (Å²) >= 11 is 1.41. The summed E-state index contributed by atoms with van der Waals surface area (Å²) in [5, 5.41) is 5.28. The summed E-state index contributed by atoms with van der Waals surface area (Å²) in [5.41, 5.74) is 3.69. The standard InChI is InChI=1S/C16H14N2O2S/c1-2-11-3-5-12(6-4-11)14-10-21-16(17-14)18-15(19)13-7-8-20-9-13/h3-10H,2H2,1H3,(H,17,18,19). The second-order valence-electron chi connectivity index (χ2n) is 4.55. The van der Waals surface area contributed by atoms with E-state index in [1.807, 2.05) is 5.38 Å². The maximum Gasteiger partial charge on any atom is 0.260 e. The number of hydrogen-bond acceptors (Lipinski definition) is 4. The summed E-state index contributed by atoms with van der Waals surface area (Å²) in [5.74, 6) is -0.217. The Balaban J connectivity index is 1.75. The van der Waals surface area contributed by atoms with Crippen LogP contribution in [0.15, 0.2) is 52.7 Å². The van der Waals surface area contributed by atoms with E-state index in [9.17, 15) is 4.79 Å². The molecule has 1 amide bonds. The van der Waals surface area contributed by atoms with Gasteiger partial charge < -0.3 is 4.42 Å². The summed E-state index contributed by atoms with van der Waals surface area (Å²) in [4.78, 5) is 16.3. The first-order chi connectivity index (χ1) is 10.3. The molecule has 0 aliphatic rings. The van der Waals surface area contributed by atoms with Crippen LogP contribution in [-0.2, 0) is 6.42 Å². The molecule has 0 atom stereocenters. The van der Waals surface area contributed by atoms with Crippen LogP contribution in [-0.4, -0.2) is 10.9 Å². The highest BCUT2D eigenvalue weighted by Crippen LogP contribution is 2.25. The van der Waals surface area contributed by atoms with Crippen LogP contribution in [0, 0.1) is 0 Å². The van der Waals surface area contributed by atoms with Crippen molar-refractivity contribution in [2.45, 2.75) is 13.3 Å². The number of thiazole rings is 1. The zero-order chi connectivity index (χ0) is 14.7. The minimum absolute atomic E-state index is 0.217. The van der Waals surface area contributed by atoms with Crippen LogP contribution in [0.5, 0.6) is 0 Å². The molecule has 3 aromatic rings. The zero-order valence-electron chi connectivity index (χ0n) is 11.5. The van der Waals surface area contributed by atoms with E-state index in [1.165, 1.54) is 29.4 Å². The van der Waals surface area contributed by atoms with Gasteiger partial charge in [-0.15, -0.1) is 11.3 Å². The number of nitrogens with zero attached hydrogens (tertiary/aromatic N) is 1. The van der Waals surface area contributed by atoms with E-state index in [0.29, 0.717) is 10.7 Å². The van der Waals surface area contributed by atoms with Crippen molar-refractivity contribution in [2.75, 3.05) is 5.32 Å². The van der Waals surface area contributed by atoms with Crippen molar-refractivity contribution >= 4 is 22.4 Å². The van der Waals surface area contributed by atoms with Crippen LogP contribution < -0.4 is 5.32 Å². The Morgan fingerprint density at radius 1 is 1.29 bits per heavy atom. The van der Waals surface area contributed by atoms with Gasteiger partial charge in [0.2, 0.25) is 0 Å². The van der Waals surface area contributed by atoms with Gasteiger partial charge in [-0.1, -0.05) is 31.2 Å². The maximum atomic E-state index is 11.9. The van der Waals surface area contributed by atoms with Crippen LogP contribution in [0.4, 0.5) is 5.13 Å². The summed E-state index contributed by atoms with van der Waals surface area (Å²) in [6.45, 7) is 2.13. The predicted molar refractivity (Wildman–Crippen MR) is 83.6 cm³/mol. The number of aryl methyl sites for hydroxylation is 1. The van der Waals surface area contributed by atoms with Crippen LogP contribution in [0.1, 0.15) is 22.8 Å². The van der Waals surface area contributed by atoms with Gasteiger partial charge >= 0.3 is 0 Å². The van der Waals surface area contributed by atoms with Gasteiger partial charge in [0.15, 0.2) is 5.13 Å². The zero-order valence-corrected chi connectivity index (χ0v) is 12.3. The lowest BCUT2D eigenvalue weighted by atomic mass is 10.1. The number of anilines is 1. The van der Waals surface area contributed by atoms with E-state index in [0.717, 1.165) is 17.7 Å². The number of furan rings is 1. The summed E-state index contributed by atoms with van der Waals surface area (Å²) in [7, 11) is 0. The predicted octanol–water partition coefficient (Wildman–Crippen LogP) is 4.22. The van der Waals surface area contributed by atoms with E-state index in [-0.39, 0.29) is 5.91 Å². The third-order valence-electron chi connectivity index (χ3n) is 3.17. The average Bonchev–Trinajstić information content (AvgIpc) is 3.19. The lowest BCUT2D eigenvalue weighted by molar-refractivity contribution is 0.102. The van der Waals surface area contributed by atoms with E-state index < -0.39 is 0 Å². The van der Waals surface area contributed by atoms with Crippen LogP contribution >= 0.6 is 11.3 Å². The van der Waals surface area contributed by atoms with Crippen molar-refractivity contribution < 1.29 is 9.21 Å². The Morgan fingerprint density at radius 2 is 2.10 bits per heavy atom. The molecule has 0 aliphatic heterocycles. The van der Waals surface area contributed by atoms with Gasteiger partial charge in [-0.2, -0.15) is 0 Å². The molecule has 1 aromatic carbocycles. The first-order valence-corrected chi connectivity index (χ1v) is 7.52. The highest BCUT2D eigenvalue weighted by Gasteiger charge is 2.10. The largest absolute Gasteiger partial charge is 0.472 e. The van der Waals surface area contributed by atoms with Gasteiger partial charge in [-0.05, 0) is 18.1 Å². The summed E-state index contributed by atoms with van der Waals surface area (Å²) in [6.07, 6.45) is 3.90. The number of carbonyl (C=O) groups is 1. The SMILES string of the molecule is CCc1ccc(-c2csc(NC(=O)c3ccoc3)n2)cc1. The summed E-state index contributed by atoms with van der Waals surface area (Å²) < 4.78 is 4.89. The first-order valence-electron chi connectivity index (χ1n) is 6.64. The molecule has 0 saturated carbocycles. The van der Waals surface area contributed by atoms with Crippen molar-refractivity contribution in [2.24, 2.45) is 0 Å². The van der Waals surface area contributed by atoms with E-state index in [1.54, 1.807) is 6.07 Å². The smallest absolute Gasteiger partial charge is 0.260 e. The molecule has 2 aromatic heterocycles. The minimum Gasteiger partial charge on any atom is -0.472 e. The fourth-order valence-electron chi connectivity index (χ4n) is 1.94. The van der Waals surface area contributed by atoms with Gasteiger partial charge in [-0.25, -0.2) is 4.98 Å². The van der Waals surface area contributed by atoms with Crippen molar-refractivity contribution in [3.05, 3.63) is 59.4 Å². The van der Waals surface area contributed by atoms with Gasteiger partial charge in [0.25, 0.3) is 5.91 Å². The molecule has 0 radical (unpaired) electrons. The molecule has 21 heavy (non-hydrogen) atoms. The molecule has 0 bridgehead atoms. The molecule has 0 unspecified atom stereocenters. The van der Waals surface area contributed by atoms with Gasteiger partial charge in [-0.3, -0.25) is 10.1 Å². The molecular formula is C16H14N2O2S. The lowest BCUT2D eigenvalue weighted by Crippen LogP contribution is -2.10. The Bertz CT molecular complexity index is 730. The van der Waals surface area contributed by atoms with Gasteiger partial charge in [0.05, 0.1) is 17.5 Å². The van der Waals surface area contributed by atoms with Crippen molar-refractivity contribution in [1.29, 1.82) is 0 Å². The van der Waals surface area contributed by atoms with Crippen molar-refractivity contribution in [3.8, 4) is 11.3 Å². The molecule has 0 aliphatic carbocycles. The topological polar surface area (TPSA) is 55.1 Å². The Hall–Kier alpha value is -2.40. The number of benzene rings is 1. The molecule has 0 spiro atoms. The maximum absolute atomic E-state index is 11.9. The van der Waals surface area contributed by atoms with Gasteiger partial charge in [0.1, 0.15) is 6.26 Å². The van der Waals surface area contributed by atoms with Crippen molar-refractivity contribution in [3.63, 3.8) is 0 Å². The molecule has 5 heteroatoms. The molecule has 2 heterocycles. The third kappa shape index (κ3) is 3.03. The highest BCUT2D eigenvalue weighted by atomic mass is 32.1. The number of rotatable bonds is 4. The Morgan fingerprint density at radius 3 is 2.76 bits per heavy atom. The number of carbonyl (C=O) groups excluding carboxylic acids is 1. The quantitative estimate of drug-likeness (QED) is 0.784. The Labute approximate surface area is 126 Å². The first kappa shape index (κ1) is 13.6. The van der Waals surface area contributed by atoms with Crippen molar-refractivity contribution in [1.82, 2.24) is 4.98 Å². The summed E-state index contributed by atoms with van der Waals surface area (Å²) in [6, 6.07) is 9.91. The Kier molecular flexibility index (Phi) is 3.83. The number of hydrogen-bond donors (Lipinski definition) is 1. The minimum atomic E-state index is -0.217. The number of nitrogens with one attached hydrogen (secondary N) is 1. The van der Waals surface area contributed by atoms with Crippen LogP contribution in [0.2, 0.25) is 0 Å². The average molecular weight is 298 g/mol. The third-order valence-corrected chi connectivity index (χ3v) is 3.92. The monoisotopic (exact) mass is 298 g/mol.